The maximum absolute atomic E-state index is 13.6. The smallest absolute Gasteiger partial charge is 0.220 e. The average Bonchev–Trinajstić information content (AvgIpc) is 2.95. The van der Waals surface area contributed by atoms with Crippen molar-refractivity contribution in [2.75, 3.05) is 26.7 Å². The maximum Gasteiger partial charge on any atom is 0.220 e. The molecule has 0 bridgehead atoms. The van der Waals surface area contributed by atoms with Gasteiger partial charge in [0.05, 0.1) is 13.2 Å². The second kappa shape index (κ2) is 9.56. The molecule has 0 radical (unpaired) electrons. The first-order chi connectivity index (χ1) is 11.0. The average molecular weight is 361 g/mol. The van der Waals surface area contributed by atoms with Crippen LogP contribution in [0.15, 0.2) is 18.2 Å². The molecule has 1 aliphatic rings. The molecule has 3 N–H and O–H groups in total. The predicted molar refractivity (Wildman–Crippen MR) is 89.1 cm³/mol. The summed E-state index contributed by atoms with van der Waals surface area (Å²) in [6.45, 7) is 1.56. The normalized spacial score (nSPS) is 19.5. The Morgan fingerprint density at radius 3 is 2.71 bits per heavy atom. The summed E-state index contributed by atoms with van der Waals surface area (Å²) in [7, 11) is 1.35. The van der Waals surface area contributed by atoms with E-state index in [4.69, 9.17) is 4.74 Å². The largest absolute Gasteiger partial charge is 0.494 e. The Morgan fingerprint density at radius 1 is 1.38 bits per heavy atom. The van der Waals surface area contributed by atoms with Gasteiger partial charge in [-0.05, 0) is 18.2 Å². The summed E-state index contributed by atoms with van der Waals surface area (Å²) in [6.07, 6.45) is -0.426. The number of ether oxygens (including phenoxy) is 1. The molecule has 8 heteroatoms. The molecule has 1 aliphatic heterocycles. The van der Waals surface area contributed by atoms with Crippen molar-refractivity contribution in [3.63, 3.8) is 0 Å². The van der Waals surface area contributed by atoms with Gasteiger partial charge in [0, 0.05) is 44.0 Å². The molecule has 2 rings (SSSR count). The number of nitrogens with one attached hydrogen (secondary N) is 2. The van der Waals surface area contributed by atoms with Gasteiger partial charge in [-0.1, -0.05) is 0 Å². The fourth-order valence-corrected chi connectivity index (χ4v) is 2.47. The molecule has 0 aromatic heterocycles. The SMILES string of the molecule is COc1ccc(C(=O)CCC(=O)NCC2CNCC2O)cc1F.Cl. The predicted octanol–water partition coefficient (Wildman–Crippen LogP) is 0.915. The molecule has 1 amide bonds. The highest BCUT2D eigenvalue weighted by molar-refractivity contribution is 5.98. The zero-order valence-corrected chi connectivity index (χ0v) is 14.2. The topological polar surface area (TPSA) is 87.7 Å². The van der Waals surface area contributed by atoms with E-state index in [-0.39, 0.29) is 54.2 Å². The van der Waals surface area contributed by atoms with Crippen LogP contribution in [0, 0.1) is 11.7 Å². The van der Waals surface area contributed by atoms with Crippen molar-refractivity contribution in [1.82, 2.24) is 10.6 Å². The Hall–Kier alpha value is -1.70. The molecule has 1 aromatic rings. The number of amides is 1. The fraction of sp³-hybridized carbons (Fsp3) is 0.500. The number of aliphatic hydroxyl groups excluding tert-OH is 1. The third-order valence-electron chi connectivity index (χ3n) is 3.92. The highest BCUT2D eigenvalue weighted by atomic mass is 35.5. The summed E-state index contributed by atoms with van der Waals surface area (Å²) < 4.78 is 18.3. The zero-order chi connectivity index (χ0) is 16.8. The summed E-state index contributed by atoms with van der Waals surface area (Å²) in [5, 5.41) is 15.4. The van der Waals surface area contributed by atoms with Crippen molar-refractivity contribution in [1.29, 1.82) is 0 Å². The Kier molecular flexibility index (Phi) is 8.10. The van der Waals surface area contributed by atoms with Gasteiger partial charge in [-0.2, -0.15) is 0 Å². The van der Waals surface area contributed by atoms with E-state index < -0.39 is 11.9 Å². The number of rotatable bonds is 7. The van der Waals surface area contributed by atoms with Gasteiger partial charge in [-0.3, -0.25) is 9.59 Å². The Labute approximate surface area is 146 Å². The number of Topliss-reactive ketones (excluding diaryl/α,β-unsaturated/α-hetero) is 1. The molecule has 24 heavy (non-hydrogen) atoms. The maximum atomic E-state index is 13.6. The number of carbonyl (C=O) groups excluding carboxylic acids is 2. The van der Waals surface area contributed by atoms with Crippen LogP contribution in [0.25, 0.3) is 0 Å². The molecule has 134 valence electrons. The molecule has 6 nitrogen and oxygen atoms in total. The molecule has 2 unspecified atom stereocenters. The lowest BCUT2D eigenvalue weighted by molar-refractivity contribution is -0.121. The third kappa shape index (κ3) is 5.43. The van der Waals surface area contributed by atoms with Gasteiger partial charge in [-0.25, -0.2) is 4.39 Å². The van der Waals surface area contributed by atoms with Crippen LogP contribution in [-0.4, -0.2) is 49.6 Å². The molecule has 1 fully saturated rings. The van der Waals surface area contributed by atoms with Crippen LogP contribution in [0.5, 0.6) is 5.75 Å². The minimum Gasteiger partial charge on any atom is -0.494 e. The van der Waals surface area contributed by atoms with Crippen LogP contribution in [0.4, 0.5) is 4.39 Å². The van der Waals surface area contributed by atoms with Crippen LogP contribution in [0.3, 0.4) is 0 Å². The lowest BCUT2D eigenvalue weighted by atomic mass is 10.0. The molecular formula is C16H22ClFN2O4. The number of β-amino-alcohol motifs (C(OH)–C–C–N with tert-alkyl or cyclic N) is 1. The fourth-order valence-electron chi connectivity index (χ4n) is 2.47. The van der Waals surface area contributed by atoms with Gasteiger partial charge >= 0.3 is 0 Å². The zero-order valence-electron chi connectivity index (χ0n) is 13.4. The van der Waals surface area contributed by atoms with Gasteiger partial charge < -0.3 is 20.5 Å². The van der Waals surface area contributed by atoms with E-state index in [0.29, 0.717) is 19.6 Å². The summed E-state index contributed by atoms with van der Waals surface area (Å²) in [5.41, 5.74) is 0.214. The van der Waals surface area contributed by atoms with E-state index >= 15 is 0 Å². The first kappa shape index (κ1) is 20.3. The number of hydrogen-bond donors (Lipinski definition) is 3. The van der Waals surface area contributed by atoms with Crippen LogP contribution in [-0.2, 0) is 4.79 Å². The van der Waals surface area contributed by atoms with Gasteiger partial charge in [0.25, 0.3) is 0 Å². The van der Waals surface area contributed by atoms with Gasteiger partial charge in [0.2, 0.25) is 5.91 Å². The Morgan fingerprint density at radius 2 is 2.12 bits per heavy atom. The Balaban J connectivity index is 0.00000288. The lowest BCUT2D eigenvalue weighted by Crippen LogP contribution is -2.34. The van der Waals surface area contributed by atoms with Gasteiger partial charge in [0.15, 0.2) is 17.3 Å². The highest BCUT2D eigenvalue weighted by Crippen LogP contribution is 2.18. The van der Waals surface area contributed by atoms with Crippen molar-refractivity contribution in [2.24, 2.45) is 5.92 Å². The number of benzene rings is 1. The quantitative estimate of drug-likeness (QED) is 0.629. The van der Waals surface area contributed by atoms with Crippen molar-refractivity contribution in [3.05, 3.63) is 29.6 Å². The molecule has 1 heterocycles. The number of aliphatic hydroxyl groups is 1. The molecule has 0 saturated carbocycles. The van der Waals surface area contributed by atoms with E-state index in [9.17, 15) is 19.1 Å². The van der Waals surface area contributed by atoms with Crippen molar-refractivity contribution in [3.8, 4) is 5.75 Å². The number of methoxy groups -OCH3 is 1. The van der Waals surface area contributed by atoms with Gasteiger partial charge in [-0.15, -0.1) is 12.4 Å². The molecule has 1 aromatic carbocycles. The molecule has 0 spiro atoms. The first-order valence-corrected chi connectivity index (χ1v) is 7.53. The number of hydrogen-bond acceptors (Lipinski definition) is 5. The molecule has 1 saturated heterocycles. The number of ketones is 1. The van der Waals surface area contributed by atoms with Crippen LogP contribution in [0.1, 0.15) is 23.2 Å². The lowest BCUT2D eigenvalue weighted by Gasteiger charge is -2.13. The monoisotopic (exact) mass is 360 g/mol. The second-order valence-corrected chi connectivity index (χ2v) is 5.56. The third-order valence-corrected chi connectivity index (χ3v) is 3.92. The van der Waals surface area contributed by atoms with E-state index in [0.717, 1.165) is 6.07 Å². The van der Waals surface area contributed by atoms with Crippen molar-refractivity contribution >= 4 is 24.1 Å². The summed E-state index contributed by atoms with van der Waals surface area (Å²) in [5.74, 6) is -1.10. The van der Waals surface area contributed by atoms with E-state index in [1.165, 1.54) is 19.2 Å². The van der Waals surface area contributed by atoms with E-state index in [1.807, 2.05) is 0 Å². The standard InChI is InChI=1S/C16H21FN2O4.ClH/c1-23-15-4-2-10(6-12(15)17)13(20)3-5-16(22)19-8-11-7-18-9-14(11)21;/h2,4,6,11,14,18,21H,3,5,7-9H2,1H3,(H,19,22);1H. The van der Waals surface area contributed by atoms with Crippen molar-refractivity contribution < 1.29 is 23.8 Å². The number of halogens is 2. The number of carbonyl (C=O) groups is 2. The first-order valence-electron chi connectivity index (χ1n) is 7.53. The summed E-state index contributed by atoms with van der Waals surface area (Å²) >= 11 is 0. The van der Waals surface area contributed by atoms with Crippen LogP contribution in [0.2, 0.25) is 0 Å². The van der Waals surface area contributed by atoms with Gasteiger partial charge in [0.1, 0.15) is 0 Å². The van der Waals surface area contributed by atoms with Crippen LogP contribution < -0.4 is 15.4 Å². The minimum absolute atomic E-state index is 0. The summed E-state index contributed by atoms with van der Waals surface area (Å²) in [6, 6.07) is 3.97. The Bertz CT molecular complexity index is 585. The summed E-state index contributed by atoms with van der Waals surface area (Å²) in [4.78, 5) is 23.7. The molecule has 2 atom stereocenters. The molecular weight excluding hydrogens is 339 g/mol. The van der Waals surface area contributed by atoms with E-state index in [2.05, 4.69) is 10.6 Å². The highest BCUT2D eigenvalue weighted by Gasteiger charge is 2.25. The second-order valence-electron chi connectivity index (χ2n) is 5.56. The molecule has 0 aliphatic carbocycles. The minimum atomic E-state index is -0.606. The van der Waals surface area contributed by atoms with Crippen molar-refractivity contribution in [2.45, 2.75) is 18.9 Å². The van der Waals surface area contributed by atoms with E-state index in [1.54, 1.807) is 0 Å². The van der Waals surface area contributed by atoms with Crippen LogP contribution >= 0.6 is 12.4 Å².